The third kappa shape index (κ3) is 3.02. The molecule has 3 aromatic heterocycles. The molecule has 2 aliphatic rings. The van der Waals surface area contributed by atoms with Crippen molar-refractivity contribution in [2.45, 2.75) is 26.6 Å². The van der Waals surface area contributed by atoms with Crippen LogP contribution in [0.5, 0.6) is 0 Å². The summed E-state index contributed by atoms with van der Waals surface area (Å²) in [5.74, 6) is 0.822. The van der Waals surface area contributed by atoms with E-state index in [1.807, 2.05) is 6.20 Å². The van der Waals surface area contributed by atoms with E-state index >= 15 is 0 Å². The number of thiophene rings is 1. The van der Waals surface area contributed by atoms with Gasteiger partial charge in [0.15, 0.2) is 5.82 Å². The molecule has 1 fully saturated rings. The number of hydrogen-bond acceptors (Lipinski definition) is 8. The molecule has 0 spiro atoms. The highest BCUT2D eigenvalue weighted by molar-refractivity contribution is 7.29. The number of aromatic nitrogens is 3. The fourth-order valence-corrected chi connectivity index (χ4v) is 6.35. The van der Waals surface area contributed by atoms with Crippen molar-refractivity contribution >= 4 is 57.8 Å². The summed E-state index contributed by atoms with van der Waals surface area (Å²) in [6, 6.07) is 2.14. The number of ether oxygens (including phenoxy) is 1. The van der Waals surface area contributed by atoms with Crippen molar-refractivity contribution in [1.82, 2.24) is 15.0 Å². The molecule has 33 heavy (non-hydrogen) atoms. The number of rotatable bonds is 2. The predicted molar refractivity (Wildman–Crippen MR) is 131 cm³/mol. The van der Waals surface area contributed by atoms with Gasteiger partial charge in [-0.3, -0.25) is 4.98 Å². The van der Waals surface area contributed by atoms with Gasteiger partial charge in [0.05, 0.1) is 40.9 Å². The maximum absolute atomic E-state index is 14.6. The minimum Gasteiger partial charge on any atom is -0.389 e. The summed E-state index contributed by atoms with van der Waals surface area (Å²) in [6.07, 6.45) is 4.19. The molecule has 2 atom stereocenters. The van der Waals surface area contributed by atoms with Gasteiger partial charge in [-0.1, -0.05) is 6.92 Å². The van der Waals surface area contributed by atoms with E-state index in [1.54, 1.807) is 0 Å². The van der Waals surface area contributed by atoms with Crippen LogP contribution in [0.1, 0.15) is 30.0 Å². The number of benzene rings is 1. The fourth-order valence-electron chi connectivity index (χ4n) is 4.90. The van der Waals surface area contributed by atoms with Crippen LogP contribution in [-0.2, 0) is 18.0 Å². The number of nitriles is 1. The maximum atomic E-state index is 14.6. The van der Waals surface area contributed by atoms with E-state index in [0.717, 1.165) is 63.7 Å². The first-order valence-corrected chi connectivity index (χ1v) is 12.1. The first kappa shape index (κ1) is 20.7. The number of halogens is 1. The van der Waals surface area contributed by atoms with E-state index in [2.05, 4.69) is 37.1 Å². The molecule has 2 unspecified atom stereocenters. The smallest absolute Gasteiger partial charge is 0.225 e. The van der Waals surface area contributed by atoms with E-state index in [9.17, 15) is 9.65 Å². The number of nitrogens with zero attached hydrogens (tertiary/aromatic N) is 5. The number of anilines is 2. The van der Waals surface area contributed by atoms with Crippen molar-refractivity contribution in [3.8, 4) is 17.3 Å². The van der Waals surface area contributed by atoms with Crippen LogP contribution in [0.4, 0.5) is 15.3 Å². The summed E-state index contributed by atoms with van der Waals surface area (Å²) >= 11 is 1.07. The second kappa shape index (κ2) is 7.56. The Kier molecular flexibility index (Phi) is 4.73. The van der Waals surface area contributed by atoms with Crippen molar-refractivity contribution in [2.75, 3.05) is 23.7 Å². The van der Waals surface area contributed by atoms with Crippen LogP contribution >= 0.6 is 20.6 Å². The van der Waals surface area contributed by atoms with Crippen LogP contribution in [0.25, 0.3) is 32.2 Å². The molecule has 6 rings (SSSR count). The second-order valence-corrected chi connectivity index (χ2v) is 10.3. The molecule has 1 saturated heterocycles. The third-order valence-corrected chi connectivity index (χ3v) is 8.13. The molecule has 0 bridgehead atoms. The Hall–Kier alpha value is -2.92. The van der Waals surface area contributed by atoms with E-state index in [0.29, 0.717) is 40.9 Å². The Morgan fingerprint density at radius 1 is 1.30 bits per heavy atom. The summed E-state index contributed by atoms with van der Waals surface area (Å²) in [6.45, 7) is 4.93. The lowest BCUT2D eigenvalue weighted by Crippen LogP contribution is -2.22. The average Bonchev–Trinajstić information content (AvgIpc) is 3.53. The predicted octanol–water partition coefficient (Wildman–Crippen LogP) is 3.88. The molecule has 10 heteroatoms. The molecular formula is C23H20FN6OPS. The van der Waals surface area contributed by atoms with Gasteiger partial charge in [-0.25, -0.2) is 14.4 Å². The van der Waals surface area contributed by atoms with Gasteiger partial charge < -0.3 is 15.4 Å². The summed E-state index contributed by atoms with van der Waals surface area (Å²) < 4.78 is 20.8. The van der Waals surface area contributed by atoms with Crippen LogP contribution in [0.2, 0.25) is 0 Å². The molecule has 0 radical (unpaired) electrons. The molecular weight excluding hydrogens is 458 g/mol. The Labute approximate surface area is 195 Å². The van der Waals surface area contributed by atoms with Gasteiger partial charge in [-0.2, -0.15) is 5.26 Å². The van der Waals surface area contributed by atoms with Crippen LogP contribution in [0.3, 0.4) is 0 Å². The van der Waals surface area contributed by atoms with E-state index < -0.39 is 5.82 Å². The quantitative estimate of drug-likeness (QED) is 0.437. The van der Waals surface area contributed by atoms with Gasteiger partial charge in [-0.05, 0) is 23.5 Å². The monoisotopic (exact) mass is 478 g/mol. The highest BCUT2D eigenvalue weighted by Gasteiger charge is 2.29. The Balaban J connectivity index is 1.67. The van der Waals surface area contributed by atoms with Gasteiger partial charge in [0.25, 0.3) is 0 Å². The summed E-state index contributed by atoms with van der Waals surface area (Å²) in [7, 11) is 2.79. The molecule has 166 valence electrons. The van der Waals surface area contributed by atoms with Gasteiger partial charge in [0.1, 0.15) is 11.1 Å². The molecule has 0 saturated carbocycles. The SMILES string of the molecule is CC1CCN(c2ncc3c4c(c(-c5ncc(F)c6sc(N)c(C#N)c56)c(P)c3n2)COC4)C1. The van der Waals surface area contributed by atoms with E-state index in [4.69, 9.17) is 15.5 Å². The minimum atomic E-state index is -0.487. The van der Waals surface area contributed by atoms with E-state index in [1.165, 1.54) is 6.20 Å². The lowest BCUT2D eigenvalue weighted by atomic mass is 9.94. The van der Waals surface area contributed by atoms with Gasteiger partial charge >= 0.3 is 0 Å². The lowest BCUT2D eigenvalue weighted by molar-refractivity contribution is 0.135. The molecule has 2 aliphatic heterocycles. The van der Waals surface area contributed by atoms with Crippen molar-refractivity contribution in [2.24, 2.45) is 5.92 Å². The first-order chi connectivity index (χ1) is 16.0. The molecule has 1 aromatic carbocycles. The Bertz CT molecular complexity index is 1510. The fraction of sp³-hybridized carbons (Fsp3) is 0.304. The van der Waals surface area contributed by atoms with Crippen LogP contribution in [0, 0.1) is 23.1 Å². The van der Waals surface area contributed by atoms with Crippen molar-refractivity contribution in [3.63, 3.8) is 0 Å². The largest absolute Gasteiger partial charge is 0.389 e. The number of nitrogens with two attached hydrogens (primary N) is 1. The number of fused-ring (bicyclic) bond motifs is 4. The number of nitrogen functional groups attached to an aromatic ring is 1. The zero-order valence-electron chi connectivity index (χ0n) is 17.9. The Morgan fingerprint density at radius 2 is 2.12 bits per heavy atom. The highest BCUT2D eigenvalue weighted by Crippen LogP contribution is 2.43. The zero-order valence-corrected chi connectivity index (χ0v) is 19.8. The standard InChI is InChI=1S/C23H20FN6OPS/c1-10-2-3-30(7-10)23-28-5-12-13-8-31-9-14(13)16(20(32)18(12)29-23)19-17-11(4-25)22(26)33-21(17)15(24)6-27-19/h5-6,10H,2-3,7-9,26,32H2,1H3. The Morgan fingerprint density at radius 3 is 2.88 bits per heavy atom. The van der Waals surface area contributed by atoms with Gasteiger partial charge in [-0.15, -0.1) is 20.6 Å². The molecule has 7 nitrogen and oxygen atoms in total. The maximum Gasteiger partial charge on any atom is 0.225 e. The van der Waals surface area contributed by atoms with Gasteiger partial charge in [0.2, 0.25) is 5.95 Å². The highest BCUT2D eigenvalue weighted by atomic mass is 32.1. The molecule has 0 amide bonds. The first-order valence-electron chi connectivity index (χ1n) is 10.7. The van der Waals surface area contributed by atoms with Gasteiger partial charge in [0, 0.05) is 40.9 Å². The van der Waals surface area contributed by atoms with Crippen LogP contribution in [-0.4, -0.2) is 28.0 Å². The minimum absolute atomic E-state index is 0.253. The number of hydrogen-bond donors (Lipinski definition) is 1. The molecule has 0 aliphatic carbocycles. The van der Waals surface area contributed by atoms with E-state index in [-0.39, 0.29) is 10.6 Å². The average molecular weight is 478 g/mol. The summed E-state index contributed by atoms with van der Waals surface area (Å²) in [5.41, 5.74) is 10.4. The summed E-state index contributed by atoms with van der Waals surface area (Å²) in [4.78, 5) is 16.3. The lowest BCUT2D eigenvalue weighted by Gasteiger charge is -2.19. The van der Waals surface area contributed by atoms with Crippen molar-refractivity contribution in [3.05, 3.63) is 34.9 Å². The topological polar surface area (TPSA) is 101 Å². The molecule has 2 N–H and O–H groups in total. The van der Waals surface area contributed by atoms with Crippen molar-refractivity contribution in [1.29, 1.82) is 5.26 Å². The molecule has 5 heterocycles. The summed E-state index contributed by atoms with van der Waals surface area (Å²) in [5, 5.41) is 12.3. The third-order valence-electron chi connectivity index (χ3n) is 6.54. The van der Waals surface area contributed by atoms with Crippen molar-refractivity contribution < 1.29 is 9.13 Å². The van der Waals surface area contributed by atoms with Crippen LogP contribution < -0.4 is 15.9 Å². The van der Waals surface area contributed by atoms with Crippen LogP contribution in [0.15, 0.2) is 12.4 Å². The number of pyridine rings is 1. The normalized spacial score (nSPS) is 17.8. The molecule has 4 aromatic rings. The zero-order chi connectivity index (χ0) is 22.9. The second-order valence-electron chi connectivity index (χ2n) is 8.62.